The van der Waals surface area contributed by atoms with Gasteiger partial charge in [-0.05, 0) is 19.4 Å². The fraction of sp³-hybridized carbons (Fsp3) is 0.385. The minimum Gasteiger partial charge on any atom is -0.465 e. The van der Waals surface area contributed by atoms with Crippen LogP contribution < -0.4 is 0 Å². The monoisotopic (exact) mass is 262 g/mol. The van der Waals surface area contributed by atoms with Crippen LogP contribution in [-0.2, 0) is 16.0 Å². The number of benzene rings is 1. The minimum atomic E-state index is -1.34. The van der Waals surface area contributed by atoms with E-state index in [9.17, 15) is 14.9 Å². The second-order valence-electron chi connectivity index (χ2n) is 4.27. The molecule has 0 aliphatic rings. The van der Waals surface area contributed by atoms with Gasteiger partial charge in [0.2, 0.25) is 0 Å². The Morgan fingerprint density at radius 1 is 1.58 bits per heavy atom. The average molecular weight is 262 g/mol. The molecule has 6 nitrogen and oxygen atoms in total. The minimum absolute atomic E-state index is 0.0679. The lowest BCUT2D eigenvalue weighted by atomic mass is 9.85. The van der Waals surface area contributed by atoms with Gasteiger partial charge in [0.15, 0.2) is 5.41 Å². The molecule has 6 heteroatoms. The number of rotatable bonds is 5. The number of nitro groups is 1. The van der Waals surface area contributed by atoms with Crippen molar-refractivity contribution in [3.8, 4) is 6.07 Å². The third kappa shape index (κ3) is 3.52. The van der Waals surface area contributed by atoms with E-state index in [0.717, 1.165) is 0 Å². The standard InChI is InChI=1S/C13H14N2O4/c1-3-19-12(16)13(2,9-14)8-10-5-4-6-11(7-10)15(17)18/h4-7H,3,8H2,1-2H3. The molecule has 0 fully saturated rings. The van der Waals surface area contributed by atoms with Gasteiger partial charge in [-0.1, -0.05) is 12.1 Å². The summed E-state index contributed by atoms with van der Waals surface area (Å²) < 4.78 is 4.85. The van der Waals surface area contributed by atoms with Crippen molar-refractivity contribution in [1.29, 1.82) is 5.26 Å². The first-order valence-electron chi connectivity index (χ1n) is 5.74. The average Bonchev–Trinajstić information content (AvgIpc) is 2.39. The van der Waals surface area contributed by atoms with Crippen molar-refractivity contribution in [2.75, 3.05) is 6.61 Å². The third-order valence-corrected chi connectivity index (χ3v) is 2.65. The van der Waals surface area contributed by atoms with Crippen molar-refractivity contribution in [2.24, 2.45) is 5.41 Å². The van der Waals surface area contributed by atoms with Crippen LogP contribution in [0.4, 0.5) is 5.69 Å². The van der Waals surface area contributed by atoms with Crippen LogP contribution in [0.1, 0.15) is 19.4 Å². The van der Waals surface area contributed by atoms with E-state index in [2.05, 4.69) is 0 Å². The molecule has 0 spiro atoms. The molecular formula is C13H14N2O4. The molecule has 1 aromatic rings. The first-order valence-corrected chi connectivity index (χ1v) is 5.74. The van der Waals surface area contributed by atoms with Crippen LogP contribution in [0, 0.1) is 26.9 Å². The maximum Gasteiger partial charge on any atom is 0.326 e. The Morgan fingerprint density at radius 2 is 2.26 bits per heavy atom. The van der Waals surface area contributed by atoms with E-state index in [1.165, 1.54) is 25.1 Å². The van der Waals surface area contributed by atoms with Gasteiger partial charge in [0.25, 0.3) is 5.69 Å². The van der Waals surface area contributed by atoms with E-state index in [1.807, 2.05) is 6.07 Å². The van der Waals surface area contributed by atoms with Crippen LogP contribution in [0.2, 0.25) is 0 Å². The van der Waals surface area contributed by atoms with Crippen molar-refractivity contribution in [2.45, 2.75) is 20.3 Å². The van der Waals surface area contributed by atoms with Gasteiger partial charge in [-0.15, -0.1) is 0 Å². The fourth-order valence-electron chi connectivity index (χ4n) is 1.64. The van der Waals surface area contributed by atoms with Crippen molar-refractivity contribution in [1.82, 2.24) is 0 Å². The molecule has 0 aliphatic carbocycles. The van der Waals surface area contributed by atoms with Crippen LogP contribution in [0.25, 0.3) is 0 Å². The highest BCUT2D eigenvalue weighted by Gasteiger charge is 2.35. The van der Waals surface area contributed by atoms with Gasteiger partial charge in [-0.3, -0.25) is 14.9 Å². The van der Waals surface area contributed by atoms with Crippen LogP contribution in [-0.4, -0.2) is 17.5 Å². The molecule has 0 amide bonds. The van der Waals surface area contributed by atoms with E-state index in [4.69, 9.17) is 10.00 Å². The Kier molecular flexibility index (Phi) is 4.59. The Labute approximate surface area is 110 Å². The van der Waals surface area contributed by atoms with Gasteiger partial charge < -0.3 is 4.74 Å². The van der Waals surface area contributed by atoms with Crippen molar-refractivity contribution >= 4 is 11.7 Å². The lowest BCUT2D eigenvalue weighted by molar-refractivity contribution is -0.384. The molecule has 1 aromatic carbocycles. The number of esters is 1. The molecule has 0 bridgehead atoms. The number of nitro benzene ring substituents is 1. The molecule has 1 rings (SSSR count). The van der Waals surface area contributed by atoms with Crippen LogP contribution in [0.5, 0.6) is 0 Å². The third-order valence-electron chi connectivity index (χ3n) is 2.65. The lowest BCUT2D eigenvalue weighted by Gasteiger charge is -2.19. The Hall–Kier alpha value is -2.42. The highest BCUT2D eigenvalue weighted by atomic mass is 16.6. The quantitative estimate of drug-likeness (QED) is 0.460. The number of carbonyl (C=O) groups is 1. The molecule has 0 saturated carbocycles. The van der Waals surface area contributed by atoms with E-state index in [1.54, 1.807) is 13.0 Å². The Bertz CT molecular complexity index is 536. The molecule has 0 heterocycles. The number of nitrogens with zero attached hydrogens (tertiary/aromatic N) is 2. The maximum atomic E-state index is 11.7. The molecule has 0 aromatic heterocycles. The van der Waals surface area contributed by atoms with Crippen molar-refractivity contribution in [3.63, 3.8) is 0 Å². The largest absolute Gasteiger partial charge is 0.465 e. The van der Waals surface area contributed by atoms with Crippen LogP contribution >= 0.6 is 0 Å². The molecule has 1 atom stereocenters. The fourth-order valence-corrected chi connectivity index (χ4v) is 1.64. The van der Waals surface area contributed by atoms with Gasteiger partial charge in [0, 0.05) is 18.6 Å². The summed E-state index contributed by atoms with van der Waals surface area (Å²) in [5, 5.41) is 19.8. The molecule has 1 unspecified atom stereocenters. The van der Waals surface area contributed by atoms with Crippen LogP contribution in [0.3, 0.4) is 0 Å². The van der Waals surface area contributed by atoms with Gasteiger partial charge in [0.05, 0.1) is 17.6 Å². The van der Waals surface area contributed by atoms with Gasteiger partial charge in [0.1, 0.15) is 0 Å². The summed E-state index contributed by atoms with van der Waals surface area (Å²) in [4.78, 5) is 21.9. The molecule has 0 N–H and O–H groups in total. The Morgan fingerprint density at radius 3 is 2.79 bits per heavy atom. The number of non-ortho nitro benzene ring substituents is 1. The van der Waals surface area contributed by atoms with Gasteiger partial charge in [-0.2, -0.15) is 5.26 Å². The summed E-state index contributed by atoms with van der Waals surface area (Å²) in [5.74, 6) is -0.621. The van der Waals surface area contributed by atoms with E-state index in [0.29, 0.717) is 5.56 Å². The molecule has 0 radical (unpaired) electrons. The first-order chi connectivity index (χ1) is 8.92. The molecule has 100 valence electrons. The van der Waals surface area contributed by atoms with Crippen molar-refractivity contribution in [3.05, 3.63) is 39.9 Å². The summed E-state index contributed by atoms with van der Waals surface area (Å²) in [6.07, 6.45) is 0.0734. The van der Waals surface area contributed by atoms with E-state index in [-0.39, 0.29) is 18.7 Å². The first kappa shape index (κ1) is 14.6. The predicted molar refractivity (Wildman–Crippen MR) is 67.2 cm³/mol. The van der Waals surface area contributed by atoms with E-state index >= 15 is 0 Å². The van der Waals surface area contributed by atoms with E-state index < -0.39 is 16.3 Å². The Balaban J connectivity index is 2.99. The van der Waals surface area contributed by atoms with Crippen molar-refractivity contribution < 1.29 is 14.5 Å². The predicted octanol–water partition coefficient (Wildman–Crippen LogP) is 2.23. The number of hydrogen-bond donors (Lipinski definition) is 0. The van der Waals surface area contributed by atoms with Crippen LogP contribution in [0.15, 0.2) is 24.3 Å². The summed E-state index contributed by atoms with van der Waals surface area (Å²) in [7, 11) is 0. The highest BCUT2D eigenvalue weighted by Crippen LogP contribution is 2.25. The summed E-state index contributed by atoms with van der Waals surface area (Å²) in [5.41, 5.74) is -0.862. The van der Waals surface area contributed by atoms with Gasteiger partial charge >= 0.3 is 5.97 Å². The molecular weight excluding hydrogens is 248 g/mol. The highest BCUT2D eigenvalue weighted by molar-refractivity contribution is 5.80. The number of carbonyl (C=O) groups excluding carboxylic acids is 1. The lowest BCUT2D eigenvalue weighted by Crippen LogP contribution is -2.30. The summed E-state index contributed by atoms with van der Waals surface area (Å²) >= 11 is 0. The summed E-state index contributed by atoms with van der Waals surface area (Å²) in [6.45, 7) is 3.30. The summed E-state index contributed by atoms with van der Waals surface area (Å²) in [6, 6.07) is 7.80. The second kappa shape index (κ2) is 5.96. The number of ether oxygens (including phenoxy) is 1. The normalized spacial score (nSPS) is 13.1. The zero-order valence-electron chi connectivity index (χ0n) is 10.8. The molecule has 0 aliphatic heterocycles. The second-order valence-corrected chi connectivity index (χ2v) is 4.27. The maximum absolute atomic E-state index is 11.7. The number of hydrogen-bond acceptors (Lipinski definition) is 5. The zero-order valence-corrected chi connectivity index (χ0v) is 10.8. The molecule has 0 saturated heterocycles. The SMILES string of the molecule is CCOC(=O)C(C)(C#N)Cc1cccc([N+](=O)[O-])c1. The smallest absolute Gasteiger partial charge is 0.326 e. The van der Waals surface area contributed by atoms with Gasteiger partial charge in [-0.25, -0.2) is 0 Å². The topological polar surface area (TPSA) is 93.2 Å². The number of nitriles is 1. The molecule has 19 heavy (non-hydrogen) atoms. The zero-order chi connectivity index (χ0) is 14.5.